The zero-order chi connectivity index (χ0) is 24.0. The molecule has 4 aromatic rings. The molecule has 0 spiro atoms. The minimum atomic E-state index is -4.67. The van der Waals surface area contributed by atoms with Crippen LogP contribution in [0.15, 0.2) is 60.3 Å². The molecule has 3 aromatic heterocycles. The van der Waals surface area contributed by atoms with E-state index in [2.05, 4.69) is 19.9 Å². The number of hydrogen-bond acceptors (Lipinski definition) is 6. The van der Waals surface area contributed by atoms with Gasteiger partial charge in [0.1, 0.15) is 5.52 Å². The maximum Gasteiger partial charge on any atom is 0.417 e. The van der Waals surface area contributed by atoms with Crippen LogP contribution in [0.1, 0.15) is 11.1 Å². The Kier molecular flexibility index (Phi) is 5.35. The molecule has 2 amide bonds. The van der Waals surface area contributed by atoms with E-state index >= 15 is 0 Å². The van der Waals surface area contributed by atoms with Crippen LogP contribution in [0.4, 0.5) is 29.3 Å². The van der Waals surface area contributed by atoms with E-state index in [9.17, 15) is 18.0 Å². The number of hydrogen-bond donors (Lipinski definition) is 0. The summed E-state index contributed by atoms with van der Waals surface area (Å²) in [7, 11) is 1.59. The van der Waals surface area contributed by atoms with Gasteiger partial charge in [0, 0.05) is 43.0 Å². The Bertz CT molecular complexity index is 1410. The number of thioether (sulfide) groups is 1. The molecule has 0 N–H and O–H groups in total. The van der Waals surface area contributed by atoms with E-state index in [-0.39, 0.29) is 23.4 Å². The molecule has 0 saturated heterocycles. The summed E-state index contributed by atoms with van der Waals surface area (Å²) in [6, 6.07) is 6.81. The zero-order valence-electron chi connectivity index (χ0n) is 18.0. The summed E-state index contributed by atoms with van der Waals surface area (Å²) in [5.74, 6) is 0. The maximum absolute atomic E-state index is 14.2. The molecule has 0 bridgehead atoms. The number of fused-ring (bicyclic) bond motifs is 3. The van der Waals surface area contributed by atoms with Gasteiger partial charge in [-0.25, -0.2) is 14.8 Å². The predicted octanol–water partition coefficient (Wildman–Crippen LogP) is 5.53. The number of carbonyl (C=O) groups excluding carboxylic acids is 1. The highest BCUT2D eigenvalue weighted by Crippen LogP contribution is 2.43. The molecule has 0 unspecified atom stereocenters. The third-order valence-corrected chi connectivity index (χ3v) is 6.09. The quantitative estimate of drug-likeness (QED) is 0.282. The summed E-state index contributed by atoms with van der Waals surface area (Å²) < 4.78 is 42.5. The number of carbonyl (C=O) groups is 1. The molecular formula is C23H17F3N6OS. The minimum Gasteiger partial charge on any atom is -0.323 e. The fourth-order valence-electron chi connectivity index (χ4n) is 3.96. The fraction of sp³-hybridized carbons (Fsp3) is 0.174. The molecule has 0 atom stereocenters. The SMILES string of the molecule is CSc1ncc(-c2ccc(N3C(=O)N(C)Cc4cnc5cccnc5c43)cc2C(F)(F)F)cn1. The summed E-state index contributed by atoms with van der Waals surface area (Å²) in [4.78, 5) is 32.8. The Labute approximate surface area is 196 Å². The van der Waals surface area contributed by atoms with E-state index < -0.39 is 17.8 Å². The minimum absolute atomic E-state index is 0.0698. The summed E-state index contributed by atoms with van der Waals surface area (Å²) in [5.41, 5.74) is 1.46. The van der Waals surface area contributed by atoms with Gasteiger partial charge >= 0.3 is 12.2 Å². The molecule has 4 heterocycles. The van der Waals surface area contributed by atoms with Gasteiger partial charge in [-0.05, 0) is 36.1 Å². The third-order valence-electron chi connectivity index (χ3n) is 5.51. The average molecular weight is 482 g/mol. The van der Waals surface area contributed by atoms with Gasteiger partial charge < -0.3 is 4.90 Å². The lowest BCUT2D eigenvalue weighted by molar-refractivity contribution is -0.137. The number of alkyl halides is 3. The van der Waals surface area contributed by atoms with Crippen molar-refractivity contribution >= 4 is 40.2 Å². The van der Waals surface area contributed by atoms with Gasteiger partial charge in [-0.1, -0.05) is 17.8 Å². The fourth-order valence-corrected chi connectivity index (χ4v) is 4.27. The molecule has 34 heavy (non-hydrogen) atoms. The first-order chi connectivity index (χ1) is 16.3. The van der Waals surface area contributed by atoms with Gasteiger partial charge in [-0.3, -0.25) is 14.9 Å². The largest absolute Gasteiger partial charge is 0.417 e. The van der Waals surface area contributed by atoms with Crippen LogP contribution in [0.2, 0.25) is 0 Å². The molecule has 0 aliphatic carbocycles. The monoisotopic (exact) mass is 482 g/mol. The number of benzene rings is 1. The summed E-state index contributed by atoms with van der Waals surface area (Å²) in [6.45, 7) is 0.271. The van der Waals surface area contributed by atoms with Crippen molar-refractivity contribution in [2.75, 3.05) is 18.2 Å². The molecule has 1 aliphatic rings. The number of rotatable bonds is 3. The van der Waals surface area contributed by atoms with Crippen molar-refractivity contribution < 1.29 is 18.0 Å². The topological polar surface area (TPSA) is 75.1 Å². The number of urea groups is 1. The van der Waals surface area contributed by atoms with Gasteiger partial charge in [0.15, 0.2) is 5.16 Å². The molecule has 7 nitrogen and oxygen atoms in total. The second kappa shape index (κ2) is 8.24. The number of amides is 2. The smallest absolute Gasteiger partial charge is 0.323 e. The lowest BCUT2D eigenvalue weighted by Gasteiger charge is -2.35. The van der Waals surface area contributed by atoms with E-state index in [1.807, 2.05) is 0 Å². The molecule has 5 rings (SSSR count). The van der Waals surface area contributed by atoms with E-state index in [4.69, 9.17) is 0 Å². The van der Waals surface area contributed by atoms with Crippen LogP contribution in [-0.2, 0) is 12.7 Å². The van der Waals surface area contributed by atoms with Gasteiger partial charge in [0.2, 0.25) is 0 Å². The highest BCUT2D eigenvalue weighted by atomic mass is 32.2. The van der Waals surface area contributed by atoms with Gasteiger partial charge in [-0.15, -0.1) is 0 Å². The van der Waals surface area contributed by atoms with Crippen LogP contribution < -0.4 is 4.90 Å². The van der Waals surface area contributed by atoms with Crippen molar-refractivity contribution in [1.82, 2.24) is 24.8 Å². The van der Waals surface area contributed by atoms with E-state index in [0.29, 0.717) is 27.4 Å². The predicted molar refractivity (Wildman–Crippen MR) is 123 cm³/mol. The molecule has 11 heteroatoms. The Hall–Kier alpha value is -3.73. The Balaban J connectivity index is 1.71. The van der Waals surface area contributed by atoms with E-state index in [1.54, 1.807) is 37.8 Å². The highest BCUT2D eigenvalue weighted by molar-refractivity contribution is 7.98. The first kappa shape index (κ1) is 22.1. The molecule has 0 fully saturated rings. The summed E-state index contributed by atoms with van der Waals surface area (Å²) in [5, 5.41) is 0.459. The number of halogens is 3. The molecule has 172 valence electrons. The van der Waals surface area contributed by atoms with Crippen molar-refractivity contribution in [3.8, 4) is 11.1 Å². The lowest BCUT2D eigenvalue weighted by Crippen LogP contribution is -2.42. The second-order valence-electron chi connectivity index (χ2n) is 7.66. The van der Waals surface area contributed by atoms with Crippen LogP contribution in [0.3, 0.4) is 0 Å². The van der Waals surface area contributed by atoms with Crippen LogP contribution in [0, 0.1) is 0 Å². The first-order valence-corrected chi connectivity index (χ1v) is 11.4. The number of pyridine rings is 2. The van der Waals surface area contributed by atoms with Crippen LogP contribution >= 0.6 is 11.8 Å². The molecule has 1 aliphatic heterocycles. The number of aromatic nitrogens is 4. The van der Waals surface area contributed by atoms with E-state index in [1.165, 1.54) is 46.1 Å². The van der Waals surface area contributed by atoms with Crippen molar-refractivity contribution in [2.24, 2.45) is 0 Å². The van der Waals surface area contributed by atoms with Gasteiger partial charge in [-0.2, -0.15) is 13.2 Å². The standard InChI is InChI=1S/C23H17F3N6OS/c1-31-12-14-11-28-18-4-3-7-27-19(18)20(14)32(22(31)33)15-5-6-16(17(8-15)23(24,25)26)13-9-29-21(34-2)30-10-13/h3-11H,12H2,1-2H3. The van der Waals surface area contributed by atoms with Crippen molar-refractivity contribution in [3.63, 3.8) is 0 Å². The van der Waals surface area contributed by atoms with Crippen LogP contribution in [0.5, 0.6) is 0 Å². The third kappa shape index (κ3) is 3.71. The van der Waals surface area contributed by atoms with Crippen molar-refractivity contribution in [2.45, 2.75) is 17.9 Å². The molecular weight excluding hydrogens is 465 g/mol. The van der Waals surface area contributed by atoms with Crippen molar-refractivity contribution in [1.29, 1.82) is 0 Å². The lowest BCUT2D eigenvalue weighted by atomic mass is 9.99. The number of nitrogens with zero attached hydrogens (tertiary/aromatic N) is 6. The van der Waals surface area contributed by atoms with Gasteiger partial charge in [0.25, 0.3) is 0 Å². The van der Waals surface area contributed by atoms with Crippen LogP contribution in [0.25, 0.3) is 22.2 Å². The van der Waals surface area contributed by atoms with Crippen molar-refractivity contribution in [3.05, 3.63) is 66.2 Å². The van der Waals surface area contributed by atoms with Crippen LogP contribution in [-0.4, -0.2) is 44.2 Å². The maximum atomic E-state index is 14.2. The highest BCUT2D eigenvalue weighted by Gasteiger charge is 2.37. The average Bonchev–Trinajstić information content (AvgIpc) is 2.84. The second-order valence-corrected chi connectivity index (χ2v) is 8.44. The first-order valence-electron chi connectivity index (χ1n) is 10.1. The Morgan fingerprint density at radius 2 is 1.79 bits per heavy atom. The molecule has 0 radical (unpaired) electrons. The normalized spacial score (nSPS) is 14.0. The van der Waals surface area contributed by atoms with E-state index in [0.717, 1.165) is 6.07 Å². The Morgan fingerprint density at radius 1 is 1.03 bits per heavy atom. The zero-order valence-corrected chi connectivity index (χ0v) is 18.9. The molecule has 0 saturated carbocycles. The van der Waals surface area contributed by atoms with Gasteiger partial charge in [0.05, 0.1) is 29.0 Å². The number of anilines is 2. The summed E-state index contributed by atoms with van der Waals surface area (Å²) in [6.07, 6.45) is 3.02. The summed E-state index contributed by atoms with van der Waals surface area (Å²) >= 11 is 1.29. The molecule has 1 aromatic carbocycles. The Morgan fingerprint density at radius 3 is 2.50 bits per heavy atom.